The van der Waals surface area contributed by atoms with E-state index in [4.69, 9.17) is 4.74 Å². The number of amides is 2. The molecule has 32 heavy (non-hydrogen) atoms. The molecule has 174 valence electrons. The number of thioether (sulfide) groups is 1. The summed E-state index contributed by atoms with van der Waals surface area (Å²) >= 11 is 1.57. The Morgan fingerprint density at radius 1 is 1.09 bits per heavy atom. The van der Waals surface area contributed by atoms with E-state index in [-0.39, 0.29) is 42.2 Å². The van der Waals surface area contributed by atoms with Crippen molar-refractivity contribution in [3.05, 3.63) is 24.3 Å². The number of nitrogens with zero attached hydrogens (tertiary/aromatic N) is 2. The number of aliphatic hydroxyl groups is 1. The molecule has 1 aliphatic carbocycles. The van der Waals surface area contributed by atoms with Crippen LogP contribution < -0.4 is 0 Å². The number of carbonyl (C=O) groups excluding carboxylic acids is 3. The highest BCUT2D eigenvalue weighted by molar-refractivity contribution is 8.02. The number of allylic oxidation sites excluding steroid dienone is 1. The van der Waals surface area contributed by atoms with Crippen LogP contribution in [0.1, 0.15) is 44.9 Å². The van der Waals surface area contributed by atoms with Gasteiger partial charge in [0.1, 0.15) is 6.04 Å². The van der Waals surface area contributed by atoms with Crippen LogP contribution in [0, 0.1) is 11.8 Å². The van der Waals surface area contributed by atoms with Gasteiger partial charge in [-0.15, -0.1) is 11.8 Å². The Kier molecular flexibility index (Phi) is 6.09. The van der Waals surface area contributed by atoms with Crippen molar-refractivity contribution < 1.29 is 24.2 Å². The summed E-state index contributed by atoms with van der Waals surface area (Å²) in [5.74, 6) is -1.87. The maximum absolute atomic E-state index is 14.0. The number of cyclic esters (lactones) is 1. The number of ether oxygens (including phenoxy) is 1. The van der Waals surface area contributed by atoms with Crippen molar-refractivity contribution in [1.82, 2.24) is 9.80 Å². The molecule has 7 nitrogen and oxygen atoms in total. The smallest absolute Gasteiger partial charge is 0.311 e. The first-order valence-corrected chi connectivity index (χ1v) is 12.9. The summed E-state index contributed by atoms with van der Waals surface area (Å²) in [6.45, 7) is 0.766. The van der Waals surface area contributed by atoms with E-state index in [1.54, 1.807) is 16.7 Å². The van der Waals surface area contributed by atoms with Gasteiger partial charge in [0.2, 0.25) is 11.8 Å². The van der Waals surface area contributed by atoms with Gasteiger partial charge in [-0.25, -0.2) is 0 Å². The van der Waals surface area contributed by atoms with Gasteiger partial charge in [-0.3, -0.25) is 14.4 Å². The normalized spacial score (nSPS) is 38.8. The van der Waals surface area contributed by atoms with Crippen molar-refractivity contribution in [2.45, 2.75) is 67.0 Å². The second-order valence-corrected chi connectivity index (χ2v) is 11.0. The standard InChI is InChI=1S/C24H32N2O5S/c27-14-13-26-20-22(29)25(16-8-3-1-4-9-16)12-7-11-24(20)19(21(26)28)18-17(32-24)10-5-2-6-15-31-23(18)30/h5,7,10-11,16-20,27H,1-4,6,8-9,12-15H2/b10-5-/t17-,18+,19+,20?,24+/m1/s1. The van der Waals surface area contributed by atoms with Gasteiger partial charge in [0.25, 0.3) is 0 Å². The summed E-state index contributed by atoms with van der Waals surface area (Å²) in [6, 6.07) is -0.510. The van der Waals surface area contributed by atoms with Crippen LogP contribution >= 0.6 is 11.8 Å². The molecule has 1 spiro atoms. The minimum absolute atomic E-state index is 0.0393. The van der Waals surface area contributed by atoms with E-state index in [1.807, 2.05) is 23.1 Å². The monoisotopic (exact) mass is 460 g/mol. The molecule has 4 heterocycles. The van der Waals surface area contributed by atoms with E-state index in [1.165, 1.54) is 6.42 Å². The predicted molar refractivity (Wildman–Crippen MR) is 121 cm³/mol. The molecular weight excluding hydrogens is 428 g/mol. The van der Waals surface area contributed by atoms with Gasteiger partial charge in [-0.2, -0.15) is 0 Å². The third-order valence-electron chi connectivity index (χ3n) is 7.74. The van der Waals surface area contributed by atoms with Crippen LogP contribution in [0.15, 0.2) is 24.3 Å². The minimum atomic E-state index is -0.815. The molecule has 0 bridgehead atoms. The number of hydrogen-bond donors (Lipinski definition) is 1. The van der Waals surface area contributed by atoms with E-state index >= 15 is 0 Å². The van der Waals surface area contributed by atoms with Crippen molar-refractivity contribution in [1.29, 1.82) is 0 Å². The molecule has 0 radical (unpaired) electrons. The largest absolute Gasteiger partial charge is 0.465 e. The predicted octanol–water partition coefficient (Wildman–Crippen LogP) is 1.90. The number of fused-ring (bicyclic) bond motifs is 2. The zero-order valence-electron chi connectivity index (χ0n) is 18.4. The van der Waals surface area contributed by atoms with Crippen LogP contribution in [0.5, 0.6) is 0 Å². The lowest BCUT2D eigenvalue weighted by Gasteiger charge is -2.39. The highest BCUT2D eigenvalue weighted by atomic mass is 32.2. The first-order valence-electron chi connectivity index (χ1n) is 12.0. The van der Waals surface area contributed by atoms with Crippen LogP contribution in [-0.4, -0.2) is 81.1 Å². The quantitative estimate of drug-likeness (QED) is 0.511. The lowest BCUT2D eigenvalue weighted by atomic mass is 9.78. The molecule has 4 aliphatic heterocycles. The molecule has 5 atom stereocenters. The van der Waals surface area contributed by atoms with Crippen LogP contribution in [0.2, 0.25) is 0 Å². The minimum Gasteiger partial charge on any atom is -0.465 e. The summed E-state index contributed by atoms with van der Waals surface area (Å²) in [7, 11) is 0. The van der Waals surface area contributed by atoms with Crippen molar-refractivity contribution >= 4 is 29.5 Å². The van der Waals surface area contributed by atoms with Gasteiger partial charge in [0.05, 0.1) is 29.8 Å². The number of hydrogen-bond acceptors (Lipinski definition) is 6. The average Bonchev–Trinajstić information content (AvgIpc) is 3.20. The number of rotatable bonds is 3. The van der Waals surface area contributed by atoms with Gasteiger partial charge in [-0.1, -0.05) is 43.6 Å². The molecule has 0 aromatic rings. The molecule has 8 heteroatoms. The third-order valence-corrected chi connectivity index (χ3v) is 9.48. The Hall–Kier alpha value is -1.80. The molecule has 1 unspecified atom stereocenters. The molecule has 0 aromatic heterocycles. The Bertz CT molecular complexity index is 838. The van der Waals surface area contributed by atoms with Gasteiger partial charge < -0.3 is 19.6 Å². The second-order valence-electron chi connectivity index (χ2n) is 9.52. The third kappa shape index (κ3) is 3.41. The highest BCUT2D eigenvalue weighted by Crippen LogP contribution is 2.60. The lowest BCUT2D eigenvalue weighted by molar-refractivity contribution is -0.153. The van der Waals surface area contributed by atoms with E-state index in [0.717, 1.165) is 38.5 Å². The maximum atomic E-state index is 14.0. The summed E-state index contributed by atoms with van der Waals surface area (Å²) < 4.78 is 4.73. The first-order chi connectivity index (χ1) is 15.6. The highest BCUT2D eigenvalue weighted by Gasteiger charge is 2.71. The Labute approximate surface area is 193 Å². The van der Waals surface area contributed by atoms with E-state index in [9.17, 15) is 19.5 Å². The van der Waals surface area contributed by atoms with Gasteiger partial charge in [0.15, 0.2) is 0 Å². The number of esters is 1. The zero-order chi connectivity index (χ0) is 22.3. The Morgan fingerprint density at radius 3 is 2.69 bits per heavy atom. The molecule has 3 fully saturated rings. The molecule has 2 saturated heterocycles. The molecule has 2 amide bonds. The maximum Gasteiger partial charge on any atom is 0.311 e. The molecule has 1 saturated carbocycles. The van der Waals surface area contributed by atoms with Crippen LogP contribution in [-0.2, 0) is 19.1 Å². The summed E-state index contributed by atoms with van der Waals surface area (Å²) in [6.07, 6.45) is 15.2. The van der Waals surface area contributed by atoms with Crippen molar-refractivity contribution in [3.8, 4) is 0 Å². The topological polar surface area (TPSA) is 87.2 Å². The zero-order valence-corrected chi connectivity index (χ0v) is 19.2. The van der Waals surface area contributed by atoms with Crippen molar-refractivity contribution in [2.24, 2.45) is 11.8 Å². The Balaban J connectivity index is 1.56. The summed E-state index contributed by atoms with van der Waals surface area (Å²) in [5.41, 5.74) is 0. The summed E-state index contributed by atoms with van der Waals surface area (Å²) in [5, 5.41) is 9.52. The molecular formula is C24H32N2O5S. The first kappa shape index (κ1) is 22.0. The molecule has 0 aromatic carbocycles. The number of aliphatic hydroxyl groups excluding tert-OH is 1. The van der Waals surface area contributed by atoms with Crippen molar-refractivity contribution in [3.63, 3.8) is 0 Å². The fourth-order valence-corrected chi connectivity index (χ4v) is 8.34. The lowest BCUT2D eigenvalue weighted by Crippen LogP contribution is -2.55. The second kappa shape index (κ2) is 8.86. The molecule has 1 N–H and O–H groups in total. The number of likely N-dealkylation sites (tertiary alicyclic amines) is 1. The molecule has 5 rings (SSSR count). The van der Waals surface area contributed by atoms with Crippen LogP contribution in [0.3, 0.4) is 0 Å². The van der Waals surface area contributed by atoms with Crippen LogP contribution in [0.4, 0.5) is 0 Å². The number of β-amino-alcohol motifs (C(OH)–C–C–N with tert-alkyl or cyclic N) is 1. The van der Waals surface area contributed by atoms with Crippen molar-refractivity contribution in [2.75, 3.05) is 26.3 Å². The van der Waals surface area contributed by atoms with E-state index in [0.29, 0.717) is 13.2 Å². The van der Waals surface area contributed by atoms with Crippen LogP contribution in [0.25, 0.3) is 0 Å². The fraction of sp³-hybridized carbons (Fsp3) is 0.708. The Morgan fingerprint density at radius 2 is 1.91 bits per heavy atom. The average molecular weight is 461 g/mol. The van der Waals surface area contributed by atoms with E-state index in [2.05, 4.69) is 6.08 Å². The number of carbonyl (C=O) groups is 3. The molecule has 5 aliphatic rings. The SMILES string of the molecule is O=C1OCCC/C=C\[C@H]2S[C@]34C=CCN(C5CCCCC5)C(=O)C3N(CCO)C(=O)[C@@H]4[C@@H]12. The fourth-order valence-electron chi connectivity index (χ4n) is 6.34. The van der Waals surface area contributed by atoms with E-state index < -0.39 is 22.6 Å². The van der Waals surface area contributed by atoms with Gasteiger partial charge in [-0.05, 0) is 25.7 Å². The van der Waals surface area contributed by atoms with Gasteiger partial charge in [0, 0.05) is 24.4 Å². The summed E-state index contributed by atoms with van der Waals surface area (Å²) in [4.78, 5) is 44.4. The van der Waals surface area contributed by atoms with Gasteiger partial charge >= 0.3 is 5.97 Å².